The fourth-order valence-electron chi connectivity index (χ4n) is 2.07. The number of rotatable bonds is 2. The number of amides is 1. The summed E-state index contributed by atoms with van der Waals surface area (Å²) >= 11 is 0. The van der Waals surface area contributed by atoms with Crippen LogP contribution in [0.5, 0.6) is 5.75 Å². The third kappa shape index (κ3) is 2.69. The van der Waals surface area contributed by atoms with Gasteiger partial charge in [-0.05, 0) is 30.7 Å². The number of aromatic hydroxyl groups is 1. The number of benzene rings is 1. The molecule has 108 valence electrons. The molecule has 1 aromatic carbocycles. The van der Waals surface area contributed by atoms with Crippen LogP contribution in [-0.2, 0) is 9.53 Å². The van der Waals surface area contributed by atoms with Crippen molar-refractivity contribution in [2.45, 2.75) is 19.4 Å². The van der Waals surface area contributed by atoms with E-state index in [0.717, 1.165) is 5.56 Å². The number of phenolic OH excluding ortho intramolecular Hbond substituents is 1. The van der Waals surface area contributed by atoms with E-state index in [9.17, 15) is 15.0 Å². The van der Waals surface area contributed by atoms with Gasteiger partial charge in [0.2, 0.25) is 0 Å². The highest BCUT2D eigenvalue weighted by Crippen LogP contribution is 2.18. The fourth-order valence-corrected chi connectivity index (χ4v) is 2.07. The zero-order valence-electron chi connectivity index (χ0n) is 11.1. The summed E-state index contributed by atoms with van der Waals surface area (Å²) in [4.78, 5) is 20.0. The summed E-state index contributed by atoms with van der Waals surface area (Å²) in [5.74, 6) is 0.0842. The molecule has 3 N–H and O–H groups in total. The monoisotopic (exact) mass is 287 g/mol. The second-order valence-corrected chi connectivity index (χ2v) is 4.65. The molecule has 0 bridgehead atoms. The first-order valence-electron chi connectivity index (χ1n) is 6.35. The smallest absolute Gasteiger partial charge is 0.275 e. The van der Waals surface area contributed by atoms with Gasteiger partial charge in [-0.1, -0.05) is 12.1 Å². The van der Waals surface area contributed by atoms with Crippen molar-refractivity contribution in [1.82, 2.24) is 5.32 Å². The van der Waals surface area contributed by atoms with Gasteiger partial charge in [0.1, 0.15) is 23.3 Å². The van der Waals surface area contributed by atoms with Crippen molar-refractivity contribution < 1.29 is 19.7 Å². The van der Waals surface area contributed by atoms with Crippen LogP contribution in [0.15, 0.2) is 39.9 Å². The van der Waals surface area contributed by atoms with E-state index in [0.29, 0.717) is 5.71 Å². The van der Waals surface area contributed by atoms with Crippen LogP contribution >= 0.6 is 0 Å². The zero-order chi connectivity index (χ0) is 15.0. The molecule has 2 atom stereocenters. The number of nitrogens with zero attached hydrogens (tertiary/aromatic N) is 2. The van der Waals surface area contributed by atoms with Crippen molar-refractivity contribution in [1.29, 1.82) is 0 Å². The number of carbonyl (C=O) groups excluding carboxylic acids is 1. The summed E-state index contributed by atoms with van der Waals surface area (Å²) in [5, 5.41) is 21.1. The zero-order valence-corrected chi connectivity index (χ0v) is 11.1. The highest BCUT2D eigenvalue weighted by atomic mass is 16.6. The van der Waals surface area contributed by atoms with E-state index >= 15 is 0 Å². The van der Waals surface area contributed by atoms with E-state index in [1.165, 1.54) is 12.1 Å². The van der Waals surface area contributed by atoms with Crippen LogP contribution in [-0.4, -0.2) is 40.2 Å². The molecule has 1 aromatic rings. The molecule has 0 saturated carbocycles. The number of ether oxygens (including phenoxy) is 1. The number of nitrogens with one attached hydrogen (secondary N) is 1. The van der Waals surface area contributed by atoms with Gasteiger partial charge < -0.3 is 20.3 Å². The Bertz CT molecular complexity index is 676. The third-order valence-corrected chi connectivity index (χ3v) is 3.10. The lowest BCUT2D eigenvalue weighted by Gasteiger charge is -2.05. The standard InChI is InChI=1S/C14H13N3O4/c1-7-11(16-14(20)21-7)12-15-10(13(19)17-12)6-8-2-4-9(18)5-3-8/h2-7,14,18,20H,1H3,(H,15,17,19)/b10-6-/t7-,14-/m0/s1. The minimum atomic E-state index is -1.22. The van der Waals surface area contributed by atoms with E-state index in [-0.39, 0.29) is 23.2 Å². The van der Waals surface area contributed by atoms with Crippen molar-refractivity contribution in [3.63, 3.8) is 0 Å². The Morgan fingerprint density at radius 2 is 2.05 bits per heavy atom. The van der Waals surface area contributed by atoms with Gasteiger partial charge in [0.15, 0.2) is 5.84 Å². The van der Waals surface area contributed by atoms with Crippen LogP contribution in [0.3, 0.4) is 0 Å². The quantitative estimate of drug-likeness (QED) is 0.685. The van der Waals surface area contributed by atoms with E-state index in [2.05, 4.69) is 15.3 Å². The van der Waals surface area contributed by atoms with Crippen molar-refractivity contribution >= 4 is 23.5 Å². The van der Waals surface area contributed by atoms with E-state index in [4.69, 9.17) is 4.74 Å². The second-order valence-electron chi connectivity index (χ2n) is 4.65. The van der Waals surface area contributed by atoms with Gasteiger partial charge >= 0.3 is 0 Å². The number of phenols is 1. The van der Waals surface area contributed by atoms with E-state index < -0.39 is 12.5 Å². The molecule has 0 aromatic heterocycles. The Labute approximate surface area is 120 Å². The number of hydrogen-bond acceptors (Lipinski definition) is 6. The van der Waals surface area contributed by atoms with Gasteiger partial charge in [-0.25, -0.2) is 9.98 Å². The number of carbonyl (C=O) groups is 1. The molecule has 2 aliphatic rings. The van der Waals surface area contributed by atoms with E-state index in [1.54, 1.807) is 25.1 Å². The maximum absolute atomic E-state index is 11.9. The molecule has 2 aliphatic heterocycles. The number of aliphatic imine (C=N–C) groups is 2. The number of aliphatic hydroxyl groups excluding tert-OH is 1. The molecule has 1 amide bonds. The van der Waals surface area contributed by atoms with Crippen LogP contribution in [0.25, 0.3) is 6.08 Å². The minimum Gasteiger partial charge on any atom is -0.508 e. The summed E-state index contributed by atoms with van der Waals surface area (Å²) in [5.41, 5.74) is 1.37. The minimum absolute atomic E-state index is 0.150. The predicted molar refractivity (Wildman–Crippen MR) is 75.7 cm³/mol. The Hall–Kier alpha value is -2.51. The molecule has 0 fully saturated rings. The number of aliphatic hydroxyl groups is 1. The summed E-state index contributed by atoms with van der Waals surface area (Å²) in [6.45, 7) is 1.71. The average molecular weight is 287 g/mol. The first kappa shape index (κ1) is 13.5. The van der Waals surface area contributed by atoms with Gasteiger partial charge in [-0.2, -0.15) is 0 Å². The lowest BCUT2D eigenvalue weighted by molar-refractivity contribution is -0.115. The average Bonchev–Trinajstić information content (AvgIpc) is 2.95. The Balaban J connectivity index is 1.89. The summed E-state index contributed by atoms with van der Waals surface area (Å²) < 4.78 is 5.06. The van der Waals surface area contributed by atoms with Gasteiger partial charge in [0.25, 0.3) is 12.3 Å². The normalized spacial score (nSPS) is 26.8. The highest BCUT2D eigenvalue weighted by molar-refractivity contribution is 6.48. The van der Waals surface area contributed by atoms with E-state index in [1.807, 2.05) is 0 Å². The summed E-state index contributed by atoms with van der Waals surface area (Å²) in [7, 11) is 0. The highest BCUT2D eigenvalue weighted by Gasteiger charge is 2.32. The molecule has 0 saturated heterocycles. The fraction of sp³-hybridized carbons (Fsp3) is 0.214. The number of hydrogen-bond donors (Lipinski definition) is 3. The van der Waals surface area contributed by atoms with Gasteiger partial charge in [0, 0.05) is 0 Å². The summed E-state index contributed by atoms with van der Waals surface area (Å²) in [6.07, 6.45) is -0.0639. The predicted octanol–water partition coefficient (Wildman–Crippen LogP) is 0.397. The molecule has 2 heterocycles. The van der Waals surface area contributed by atoms with Gasteiger partial charge in [-0.3, -0.25) is 4.79 Å². The molecule has 3 rings (SSSR count). The van der Waals surface area contributed by atoms with Crippen molar-refractivity contribution in [3.8, 4) is 5.75 Å². The van der Waals surface area contributed by atoms with Crippen LogP contribution in [0, 0.1) is 0 Å². The first-order chi connectivity index (χ1) is 10.0. The molecule has 0 aliphatic carbocycles. The maximum atomic E-state index is 11.9. The molecule has 7 nitrogen and oxygen atoms in total. The molecule has 0 radical (unpaired) electrons. The van der Waals surface area contributed by atoms with Crippen LogP contribution < -0.4 is 5.32 Å². The molecule has 0 unspecified atom stereocenters. The maximum Gasteiger partial charge on any atom is 0.275 e. The first-order valence-corrected chi connectivity index (χ1v) is 6.35. The van der Waals surface area contributed by atoms with Crippen molar-refractivity contribution in [2.75, 3.05) is 0 Å². The molecule has 0 spiro atoms. The molecule has 7 heteroatoms. The van der Waals surface area contributed by atoms with Crippen LogP contribution in [0.1, 0.15) is 12.5 Å². The number of amidine groups is 1. The topological polar surface area (TPSA) is 104 Å². The second kappa shape index (κ2) is 5.12. The lowest BCUT2D eigenvalue weighted by atomic mass is 10.2. The Morgan fingerprint density at radius 1 is 1.33 bits per heavy atom. The van der Waals surface area contributed by atoms with Crippen molar-refractivity contribution in [2.24, 2.45) is 9.98 Å². The van der Waals surface area contributed by atoms with Gasteiger partial charge in [-0.15, -0.1) is 0 Å². The SMILES string of the molecule is C[C@@H]1O[C@H](O)N=C1C1=N/C(=C\c2ccc(O)cc2)C(=O)N1. The summed E-state index contributed by atoms with van der Waals surface area (Å²) in [6, 6.07) is 6.39. The Morgan fingerprint density at radius 3 is 2.67 bits per heavy atom. The third-order valence-electron chi connectivity index (χ3n) is 3.10. The lowest BCUT2D eigenvalue weighted by Crippen LogP contribution is -2.35. The van der Waals surface area contributed by atoms with Gasteiger partial charge in [0.05, 0.1) is 0 Å². The van der Waals surface area contributed by atoms with Crippen molar-refractivity contribution in [3.05, 3.63) is 35.5 Å². The van der Waals surface area contributed by atoms with Crippen LogP contribution in [0.4, 0.5) is 0 Å². The Kier molecular flexibility index (Phi) is 3.28. The molecular weight excluding hydrogens is 274 g/mol. The van der Waals surface area contributed by atoms with Crippen LogP contribution in [0.2, 0.25) is 0 Å². The molecular formula is C14H13N3O4. The largest absolute Gasteiger partial charge is 0.508 e. The molecule has 21 heavy (non-hydrogen) atoms.